The summed E-state index contributed by atoms with van der Waals surface area (Å²) in [6.45, 7) is 5.85. The number of morpholine rings is 1. The molecule has 0 spiro atoms. The van der Waals surface area contributed by atoms with Gasteiger partial charge in [0.2, 0.25) is 0 Å². The molecule has 10 nitrogen and oxygen atoms in total. The molecule has 10 heteroatoms. The third-order valence-electron chi connectivity index (χ3n) is 4.59. The molecule has 2 N–H and O–H groups in total. The third-order valence-corrected chi connectivity index (χ3v) is 4.59. The molecule has 0 saturated carbocycles. The Bertz CT molecular complexity index is 985. The fourth-order valence-corrected chi connectivity index (χ4v) is 3.11. The smallest absolute Gasteiger partial charge is 0.273 e. The Hall–Kier alpha value is -3.53. The van der Waals surface area contributed by atoms with Gasteiger partial charge in [0.25, 0.3) is 5.91 Å². The first kappa shape index (κ1) is 19.8. The Balaban J connectivity index is 1.28. The molecule has 0 bridgehead atoms. The molecule has 30 heavy (non-hydrogen) atoms. The molecule has 2 aromatic heterocycles. The Morgan fingerprint density at radius 3 is 2.73 bits per heavy atom. The van der Waals surface area contributed by atoms with E-state index in [4.69, 9.17) is 4.74 Å². The summed E-state index contributed by atoms with van der Waals surface area (Å²) in [7, 11) is 0. The van der Waals surface area contributed by atoms with Crippen molar-refractivity contribution in [3.8, 4) is 5.69 Å². The van der Waals surface area contributed by atoms with Gasteiger partial charge in [0.05, 0.1) is 25.1 Å². The van der Waals surface area contributed by atoms with E-state index >= 15 is 0 Å². The van der Waals surface area contributed by atoms with Crippen LogP contribution in [-0.4, -0.2) is 70.3 Å². The fourth-order valence-electron chi connectivity index (χ4n) is 3.11. The summed E-state index contributed by atoms with van der Waals surface area (Å²) in [5.41, 5.74) is 1.07. The number of nitrogens with one attached hydrogen (secondary N) is 2. The molecule has 0 aliphatic carbocycles. The van der Waals surface area contributed by atoms with E-state index in [0.717, 1.165) is 30.4 Å². The van der Waals surface area contributed by atoms with Gasteiger partial charge in [-0.2, -0.15) is 9.90 Å². The largest absolute Gasteiger partial charge is 0.378 e. The minimum Gasteiger partial charge on any atom is -0.378 e. The molecule has 1 saturated heterocycles. The van der Waals surface area contributed by atoms with Gasteiger partial charge in [-0.15, -0.1) is 5.10 Å². The van der Waals surface area contributed by atoms with Crippen LogP contribution in [0.4, 0.5) is 11.6 Å². The van der Waals surface area contributed by atoms with Crippen molar-refractivity contribution in [3.05, 3.63) is 54.1 Å². The van der Waals surface area contributed by atoms with Crippen LogP contribution in [0, 0.1) is 6.92 Å². The van der Waals surface area contributed by atoms with Crippen molar-refractivity contribution in [1.82, 2.24) is 30.3 Å². The summed E-state index contributed by atoms with van der Waals surface area (Å²) in [5.74, 6) is 2.04. The van der Waals surface area contributed by atoms with Crippen molar-refractivity contribution in [2.45, 2.75) is 6.92 Å². The lowest BCUT2D eigenvalue weighted by molar-refractivity contribution is 0.0949. The summed E-state index contributed by atoms with van der Waals surface area (Å²) < 4.78 is 5.39. The average molecular weight is 408 g/mol. The Kier molecular flexibility index (Phi) is 6.14. The molecule has 0 unspecified atom stereocenters. The number of aryl methyl sites for hydroxylation is 1. The van der Waals surface area contributed by atoms with Gasteiger partial charge in [-0.05, 0) is 19.1 Å². The monoisotopic (exact) mass is 408 g/mol. The number of carbonyl (C=O) groups is 1. The van der Waals surface area contributed by atoms with E-state index in [1.165, 1.54) is 11.0 Å². The fraction of sp³-hybridized carbons (Fsp3) is 0.350. The highest BCUT2D eigenvalue weighted by Crippen LogP contribution is 2.17. The first-order valence-corrected chi connectivity index (χ1v) is 9.87. The van der Waals surface area contributed by atoms with Crippen LogP contribution >= 0.6 is 0 Å². The number of hydrogen-bond acceptors (Lipinski definition) is 8. The first-order valence-electron chi connectivity index (χ1n) is 9.87. The van der Waals surface area contributed by atoms with Crippen molar-refractivity contribution in [2.24, 2.45) is 0 Å². The standard InChI is InChI=1S/C20H24N8O2/c1-15-24-18(13-19(25-15)27-9-11-30-12-10-27)21-7-8-22-20(29)17-14-23-28(26-17)16-5-3-2-4-6-16/h2-6,13-14H,7-12H2,1H3,(H,22,29)(H,21,24,25). The van der Waals surface area contributed by atoms with Crippen LogP contribution in [0.15, 0.2) is 42.6 Å². The van der Waals surface area contributed by atoms with Crippen LogP contribution < -0.4 is 15.5 Å². The van der Waals surface area contributed by atoms with Crippen LogP contribution in [0.25, 0.3) is 5.69 Å². The molecule has 156 valence electrons. The molecule has 3 aromatic rings. The highest BCUT2D eigenvalue weighted by Gasteiger charge is 2.14. The molecular formula is C20H24N8O2. The molecule has 1 fully saturated rings. The first-order chi connectivity index (χ1) is 14.7. The molecular weight excluding hydrogens is 384 g/mol. The Labute approximate surface area is 174 Å². The maximum Gasteiger partial charge on any atom is 0.273 e. The van der Waals surface area contributed by atoms with E-state index in [-0.39, 0.29) is 11.6 Å². The van der Waals surface area contributed by atoms with Crippen LogP contribution in [-0.2, 0) is 4.74 Å². The second-order valence-electron chi connectivity index (χ2n) is 6.80. The number of rotatable bonds is 7. The zero-order valence-corrected chi connectivity index (χ0v) is 16.8. The lowest BCUT2D eigenvalue weighted by Crippen LogP contribution is -2.37. The molecule has 1 aliphatic rings. The molecule has 1 aromatic carbocycles. The number of para-hydroxylation sites is 1. The van der Waals surface area contributed by atoms with E-state index in [9.17, 15) is 4.79 Å². The molecule has 1 amide bonds. The minimum atomic E-state index is -0.271. The highest BCUT2D eigenvalue weighted by atomic mass is 16.5. The minimum absolute atomic E-state index is 0.270. The lowest BCUT2D eigenvalue weighted by Gasteiger charge is -2.28. The van der Waals surface area contributed by atoms with Crippen LogP contribution in [0.1, 0.15) is 16.3 Å². The molecule has 0 radical (unpaired) electrons. The van der Waals surface area contributed by atoms with E-state index < -0.39 is 0 Å². The lowest BCUT2D eigenvalue weighted by atomic mass is 10.3. The topological polar surface area (TPSA) is 110 Å². The SMILES string of the molecule is Cc1nc(NCCNC(=O)c2cnn(-c3ccccc3)n2)cc(N2CCOCC2)n1. The Morgan fingerprint density at radius 1 is 1.13 bits per heavy atom. The third kappa shape index (κ3) is 4.90. The summed E-state index contributed by atoms with van der Waals surface area (Å²) in [5, 5.41) is 14.5. The van der Waals surface area contributed by atoms with Gasteiger partial charge in [-0.3, -0.25) is 4.79 Å². The van der Waals surface area contributed by atoms with Crippen molar-refractivity contribution >= 4 is 17.5 Å². The predicted molar refractivity (Wildman–Crippen MR) is 112 cm³/mol. The van der Waals surface area contributed by atoms with Gasteiger partial charge in [0.15, 0.2) is 5.69 Å². The average Bonchev–Trinajstić information content (AvgIpc) is 3.28. The van der Waals surface area contributed by atoms with E-state index in [1.807, 2.05) is 43.3 Å². The zero-order chi connectivity index (χ0) is 20.8. The summed E-state index contributed by atoms with van der Waals surface area (Å²) in [4.78, 5) is 24.9. The number of aromatic nitrogens is 5. The van der Waals surface area contributed by atoms with E-state index in [2.05, 4.69) is 35.7 Å². The highest BCUT2D eigenvalue weighted by molar-refractivity contribution is 5.91. The van der Waals surface area contributed by atoms with Crippen molar-refractivity contribution < 1.29 is 9.53 Å². The van der Waals surface area contributed by atoms with Crippen molar-refractivity contribution in [2.75, 3.05) is 49.6 Å². The molecule has 1 aliphatic heterocycles. The second-order valence-corrected chi connectivity index (χ2v) is 6.80. The van der Waals surface area contributed by atoms with Gasteiger partial charge in [0.1, 0.15) is 17.5 Å². The number of carbonyl (C=O) groups excluding carboxylic acids is 1. The van der Waals surface area contributed by atoms with Crippen molar-refractivity contribution in [3.63, 3.8) is 0 Å². The predicted octanol–water partition coefficient (Wildman–Crippen LogP) is 1.04. The second kappa shape index (κ2) is 9.31. The molecule has 4 rings (SSSR count). The number of hydrogen-bond donors (Lipinski definition) is 2. The number of ether oxygens (including phenoxy) is 1. The molecule has 3 heterocycles. The van der Waals surface area contributed by atoms with Gasteiger partial charge < -0.3 is 20.3 Å². The van der Waals surface area contributed by atoms with Crippen LogP contribution in [0.2, 0.25) is 0 Å². The van der Waals surface area contributed by atoms with Gasteiger partial charge in [0, 0.05) is 32.2 Å². The van der Waals surface area contributed by atoms with Gasteiger partial charge in [-0.25, -0.2) is 9.97 Å². The quantitative estimate of drug-likeness (QED) is 0.558. The number of amides is 1. The van der Waals surface area contributed by atoms with E-state index in [0.29, 0.717) is 32.1 Å². The normalized spacial score (nSPS) is 13.8. The number of anilines is 2. The summed E-state index contributed by atoms with van der Waals surface area (Å²) in [6, 6.07) is 11.4. The van der Waals surface area contributed by atoms with Gasteiger partial charge >= 0.3 is 0 Å². The Morgan fingerprint density at radius 2 is 1.93 bits per heavy atom. The maximum absolute atomic E-state index is 12.3. The maximum atomic E-state index is 12.3. The van der Waals surface area contributed by atoms with Crippen LogP contribution in [0.5, 0.6) is 0 Å². The zero-order valence-electron chi connectivity index (χ0n) is 16.8. The molecule has 0 atom stereocenters. The van der Waals surface area contributed by atoms with E-state index in [1.54, 1.807) is 0 Å². The van der Waals surface area contributed by atoms with Crippen LogP contribution in [0.3, 0.4) is 0 Å². The summed E-state index contributed by atoms with van der Waals surface area (Å²) >= 11 is 0. The number of benzene rings is 1. The van der Waals surface area contributed by atoms with Crippen molar-refractivity contribution in [1.29, 1.82) is 0 Å². The summed E-state index contributed by atoms with van der Waals surface area (Å²) in [6.07, 6.45) is 1.46. The van der Waals surface area contributed by atoms with Gasteiger partial charge in [-0.1, -0.05) is 18.2 Å². The number of nitrogens with zero attached hydrogens (tertiary/aromatic N) is 6.